The number of hydrogen-bond acceptors (Lipinski definition) is 2. The Morgan fingerprint density at radius 1 is 1.53 bits per heavy atom. The first-order chi connectivity index (χ1) is 7.02. The van der Waals surface area contributed by atoms with E-state index in [1.54, 1.807) is 32.0 Å². The van der Waals surface area contributed by atoms with Crippen LogP contribution in [0.2, 0.25) is 0 Å². The Bertz CT molecular complexity index is 367. The molecule has 0 bridgehead atoms. The number of aliphatic imine (C=N–C) groups is 2. The molecule has 5 nitrogen and oxygen atoms in total. The van der Waals surface area contributed by atoms with Gasteiger partial charge in [0, 0.05) is 20.3 Å². The molecule has 1 atom stereocenters. The molecule has 5 heteroatoms. The normalized spacial score (nSPS) is 20.6. The zero-order valence-corrected chi connectivity index (χ0v) is 8.97. The van der Waals surface area contributed by atoms with Gasteiger partial charge in [0.15, 0.2) is 0 Å². The maximum absolute atomic E-state index is 11.6. The highest BCUT2D eigenvalue weighted by Crippen LogP contribution is 2.08. The molecule has 0 aromatic carbocycles. The van der Waals surface area contributed by atoms with Gasteiger partial charge >= 0.3 is 0 Å². The summed E-state index contributed by atoms with van der Waals surface area (Å²) in [7, 11) is 3.56. The molecule has 1 aliphatic heterocycles. The second kappa shape index (κ2) is 4.63. The zero-order chi connectivity index (χ0) is 11.4. The van der Waals surface area contributed by atoms with Crippen molar-refractivity contribution in [1.29, 1.82) is 0 Å². The monoisotopic (exact) mass is 207 g/mol. The lowest BCUT2D eigenvalue weighted by molar-refractivity contribution is -0.129. The summed E-state index contributed by atoms with van der Waals surface area (Å²) in [4.78, 5) is 31.8. The molecular formula is C10H13N3O2. The molecule has 1 rings (SSSR count). The average Bonchev–Trinajstić information content (AvgIpc) is 2.18. The Hall–Kier alpha value is -1.78. The molecule has 0 saturated carbocycles. The number of nitrogens with zero attached hydrogens (tertiary/aromatic N) is 3. The lowest BCUT2D eigenvalue weighted by Gasteiger charge is -2.12. The molecule has 0 fully saturated rings. The maximum Gasteiger partial charge on any atom is 0.263 e. The molecule has 0 saturated heterocycles. The van der Waals surface area contributed by atoms with E-state index in [9.17, 15) is 9.59 Å². The minimum Gasteiger partial charge on any atom is -0.366 e. The fourth-order valence-corrected chi connectivity index (χ4v) is 0.957. The highest BCUT2D eigenvalue weighted by Gasteiger charge is 2.24. The van der Waals surface area contributed by atoms with E-state index >= 15 is 0 Å². The van der Waals surface area contributed by atoms with Crippen LogP contribution in [0, 0.1) is 5.92 Å². The summed E-state index contributed by atoms with van der Waals surface area (Å²) in [5.41, 5.74) is 0. The van der Waals surface area contributed by atoms with Crippen LogP contribution >= 0.6 is 0 Å². The molecule has 15 heavy (non-hydrogen) atoms. The van der Waals surface area contributed by atoms with Crippen LogP contribution in [0.1, 0.15) is 6.92 Å². The van der Waals surface area contributed by atoms with E-state index in [1.165, 1.54) is 12.3 Å². The largest absolute Gasteiger partial charge is 0.366 e. The highest BCUT2D eigenvalue weighted by atomic mass is 16.2. The van der Waals surface area contributed by atoms with Gasteiger partial charge in [0.2, 0.25) is 0 Å². The van der Waals surface area contributed by atoms with Crippen molar-refractivity contribution in [2.45, 2.75) is 6.92 Å². The molecule has 0 aliphatic carbocycles. The summed E-state index contributed by atoms with van der Waals surface area (Å²) in [5.74, 6) is -1.22. The number of carbonyl (C=O) groups is 2. The summed E-state index contributed by atoms with van der Waals surface area (Å²) in [6.07, 6.45) is 4.45. The van der Waals surface area contributed by atoms with Gasteiger partial charge < -0.3 is 4.90 Å². The van der Waals surface area contributed by atoms with E-state index in [2.05, 4.69) is 9.98 Å². The Morgan fingerprint density at radius 2 is 2.20 bits per heavy atom. The second-order valence-electron chi connectivity index (χ2n) is 3.37. The number of hydrogen-bond donors (Lipinski definition) is 0. The van der Waals surface area contributed by atoms with E-state index in [4.69, 9.17) is 0 Å². The first-order valence-corrected chi connectivity index (χ1v) is 4.53. The molecule has 1 unspecified atom stereocenters. The van der Waals surface area contributed by atoms with Gasteiger partial charge in [0.25, 0.3) is 11.8 Å². The minimum absolute atomic E-state index is 0.460. The predicted octanol–water partition coefficient (Wildman–Crippen LogP) is 0.276. The number of dihydropyridines is 1. The number of rotatable bonds is 1. The van der Waals surface area contributed by atoms with Gasteiger partial charge in [-0.05, 0) is 13.0 Å². The van der Waals surface area contributed by atoms with Crippen molar-refractivity contribution in [3.05, 3.63) is 12.2 Å². The first kappa shape index (κ1) is 11.3. The van der Waals surface area contributed by atoms with Crippen LogP contribution in [0.4, 0.5) is 0 Å². The van der Waals surface area contributed by atoms with E-state index < -0.39 is 17.7 Å². The first-order valence-electron chi connectivity index (χ1n) is 4.53. The van der Waals surface area contributed by atoms with Crippen molar-refractivity contribution in [2.75, 3.05) is 14.1 Å². The Balaban J connectivity index is 2.78. The van der Waals surface area contributed by atoms with Crippen molar-refractivity contribution in [3.63, 3.8) is 0 Å². The quantitative estimate of drug-likeness (QED) is 0.352. The van der Waals surface area contributed by atoms with E-state index in [0.717, 1.165) is 0 Å². The van der Waals surface area contributed by atoms with Crippen molar-refractivity contribution < 1.29 is 9.59 Å². The standard InChI is InChI=1S/C10H13N3O2/c1-7(13(2)3)12-10(15)8-5-4-6-11-9(8)14/h4-6,8H,1-3H3. The van der Waals surface area contributed by atoms with Crippen LogP contribution in [0.15, 0.2) is 22.1 Å². The van der Waals surface area contributed by atoms with Crippen molar-refractivity contribution in [3.8, 4) is 0 Å². The van der Waals surface area contributed by atoms with Crippen LogP contribution in [-0.4, -0.2) is 42.9 Å². The number of amides is 2. The summed E-state index contributed by atoms with van der Waals surface area (Å²) < 4.78 is 0. The molecule has 0 N–H and O–H groups in total. The van der Waals surface area contributed by atoms with Crippen LogP contribution in [0.25, 0.3) is 0 Å². The van der Waals surface area contributed by atoms with Gasteiger partial charge in [-0.25, -0.2) is 4.99 Å². The smallest absolute Gasteiger partial charge is 0.263 e. The number of carbonyl (C=O) groups excluding carboxylic acids is 2. The summed E-state index contributed by atoms with van der Waals surface area (Å²) >= 11 is 0. The van der Waals surface area contributed by atoms with E-state index in [1.807, 2.05) is 0 Å². The van der Waals surface area contributed by atoms with Gasteiger partial charge in [0.1, 0.15) is 11.8 Å². The molecule has 0 radical (unpaired) electrons. The Morgan fingerprint density at radius 3 is 2.73 bits per heavy atom. The van der Waals surface area contributed by atoms with Crippen LogP contribution in [-0.2, 0) is 9.59 Å². The average molecular weight is 207 g/mol. The van der Waals surface area contributed by atoms with Crippen LogP contribution in [0.3, 0.4) is 0 Å². The van der Waals surface area contributed by atoms with Gasteiger partial charge in [-0.3, -0.25) is 9.59 Å². The van der Waals surface area contributed by atoms with Crippen molar-refractivity contribution in [2.24, 2.45) is 15.9 Å². The van der Waals surface area contributed by atoms with Crippen molar-refractivity contribution in [1.82, 2.24) is 4.90 Å². The van der Waals surface area contributed by atoms with Gasteiger partial charge in [-0.15, -0.1) is 0 Å². The fraction of sp³-hybridized carbons (Fsp3) is 0.400. The Labute approximate surface area is 88.2 Å². The summed E-state index contributed by atoms with van der Waals surface area (Å²) in [5, 5.41) is 0. The van der Waals surface area contributed by atoms with Crippen molar-refractivity contribution >= 4 is 23.9 Å². The van der Waals surface area contributed by atoms with E-state index in [-0.39, 0.29) is 0 Å². The molecule has 2 amide bonds. The fourth-order valence-electron chi connectivity index (χ4n) is 0.957. The predicted molar refractivity (Wildman–Crippen MR) is 57.9 cm³/mol. The molecular weight excluding hydrogens is 194 g/mol. The topological polar surface area (TPSA) is 62.1 Å². The number of allylic oxidation sites excluding steroid dienone is 1. The molecule has 1 aliphatic rings. The van der Waals surface area contributed by atoms with Crippen LogP contribution < -0.4 is 0 Å². The second-order valence-corrected chi connectivity index (χ2v) is 3.37. The lowest BCUT2D eigenvalue weighted by Crippen LogP contribution is -2.25. The lowest BCUT2D eigenvalue weighted by atomic mass is 10.1. The molecule has 0 aromatic rings. The van der Waals surface area contributed by atoms with Gasteiger partial charge in [-0.2, -0.15) is 4.99 Å². The number of amidine groups is 1. The maximum atomic E-state index is 11.6. The summed E-state index contributed by atoms with van der Waals surface area (Å²) in [6, 6.07) is 0. The minimum atomic E-state index is -0.857. The summed E-state index contributed by atoms with van der Waals surface area (Å²) in [6.45, 7) is 1.71. The third-order valence-corrected chi connectivity index (χ3v) is 2.04. The third-order valence-electron chi connectivity index (χ3n) is 2.04. The molecule has 0 aromatic heterocycles. The SMILES string of the molecule is CC(=NC(=O)C1C=CC=NC1=O)N(C)C. The third kappa shape index (κ3) is 2.83. The molecule has 80 valence electrons. The molecule has 0 spiro atoms. The zero-order valence-electron chi connectivity index (χ0n) is 8.97. The Kier molecular flexibility index (Phi) is 3.49. The van der Waals surface area contributed by atoms with Gasteiger partial charge in [-0.1, -0.05) is 6.08 Å². The van der Waals surface area contributed by atoms with Crippen LogP contribution in [0.5, 0.6) is 0 Å². The highest BCUT2D eigenvalue weighted by molar-refractivity contribution is 6.10. The molecule has 1 heterocycles. The van der Waals surface area contributed by atoms with E-state index in [0.29, 0.717) is 5.84 Å². The van der Waals surface area contributed by atoms with Gasteiger partial charge in [0.05, 0.1) is 0 Å².